The molecule has 32 heavy (non-hydrogen) atoms. The van der Waals surface area contributed by atoms with Crippen molar-refractivity contribution in [2.24, 2.45) is 0 Å². The molecule has 0 atom stereocenters. The zero-order valence-electron chi connectivity index (χ0n) is 18.5. The normalized spacial score (nSPS) is 11.0. The Morgan fingerprint density at radius 3 is 2.28 bits per heavy atom. The van der Waals surface area contributed by atoms with Crippen LogP contribution in [0, 0.1) is 6.92 Å². The number of amides is 1. The monoisotopic (exact) mass is 426 g/mol. The van der Waals surface area contributed by atoms with E-state index in [4.69, 9.17) is 4.52 Å². The van der Waals surface area contributed by atoms with Gasteiger partial charge in [-0.05, 0) is 67.5 Å². The molecule has 0 aliphatic rings. The number of rotatable bonds is 7. The summed E-state index contributed by atoms with van der Waals surface area (Å²) >= 11 is 0. The van der Waals surface area contributed by atoms with Crippen molar-refractivity contribution in [2.45, 2.75) is 20.0 Å². The molecular formula is C26H26N4O2. The van der Waals surface area contributed by atoms with Crippen LogP contribution in [0.2, 0.25) is 0 Å². The molecule has 3 aromatic carbocycles. The molecule has 4 aromatic rings. The van der Waals surface area contributed by atoms with Gasteiger partial charge in [0.2, 0.25) is 0 Å². The zero-order chi connectivity index (χ0) is 22.5. The van der Waals surface area contributed by atoms with E-state index < -0.39 is 0 Å². The Kier molecular flexibility index (Phi) is 6.42. The molecule has 162 valence electrons. The Bertz CT molecular complexity index is 1200. The summed E-state index contributed by atoms with van der Waals surface area (Å²) in [6, 6.07) is 23.9. The van der Waals surface area contributed by atoms with Crippen LogP contribution in [0.5, 0.6) is 0 Å². The summed E-state index contributed by atoms with van der Waals surface area (Å²) in [4.78, 5) is 19.1. The van der Waals surface area contributed by atoms with E-state index in [2.05, 4.69) is 64.8 Å². The zero-order valence-corrected chi connectivity index (χ0v) is 18.5. The van der Waals surface area contributed by atoms with Crippen LogP contribution in [0.1, 0.15) is 27.3 Å². The second-order valence-corrected chi connectivity index (χ2v) is 8.00. The quantitative estimate of drug-likeness (QED) is 0.464. The van der Waals surface area contributed by atoms with E-state index in [1.807, 2.05) is 30.3 Å². The van der Waals surface area contributed by atoms with Crippen LogP contribution in [-0.2, 0) is 13.1 Å². The first kappa shape index (κ1) is 21.5. The van der Waals surface area contributed by atoms with Gasteiger partial charge >= 0.3 is 0 Å². The van der Waals surface area contributed by atoms with Gasteiger partial charge in [-0.2, -0.15) is 4.98 Å². The second-order valence-electron chi connectivity index (χ2n) is 8.00. The summed E-state index contributed by atoms with van der Waals surface area (Å²) in [5.41, 5.74) is 5.95. The lowest BCUT2D eigenvalue weighted by atomic mass is 9.98. The van der Waals surface area contributed by atoms with Gasteiger partial charge in [-0.3, -0.25) is 4.79 Å². The summed E-state index contributed by atoms with van der Waals surface area (Å²) in [5.74, 6) is 0.891. The maximum Gasteiger partial charge on any atom is 0.257 e. The highest BCUT2D eigenvalue weighted by atomic mass is 16.5. The molecule has 0 spiro atoms. The number of aryl methyl sites for hydroxylation is 1. The first-order chi connectivity index (χ1) is 15.5. The van der Waals surface area contributed by atoms with E-state index in [0.717, 1.165) is 28.8 Å². The number of benzene rings is 3. The van der Waals surface area contributed by atoms with Crippen molar-refractivity contribution in [3.63, 3.8) is 0 Å². The molecule has 0 saturated heterocycles. The van der Waals surface area contributed by atoms with Crippen LogP contribution < -0.4 is 5.32 Å². The van der Waals surface area contributed by atoms with Gasteiger partial charge in [-0.15, -0.1) is 0 Å². The van der Waals surface area contributed by atoms with Crippen molar-refractivity contribution in [1.29, 1.82) is 0 Å². The molecule has 0 aliphatic heterocycles. The Balaban J connectivity index is 1.44. The van der Waals surface area contributed by atoms with Crippen molar-refractivity contribution >= 4 is 5.91 Å². The number of hydrogen-bond donors (Lipinski definition) is 1. The highest BCUT2D eigenvalue weighted by Crippen LogP contribution is 2.24. The Morgan fingerprint density at radius 1 is 0.938 bits per heavy atom. The van der Waals surface area contributed by atoms with Gasteiger partial charge in [0.1, 0.15) is 0 Å². The van der Waals surface area contributed by atoms with Crippen LogP contribution in [0.25, 0.3) is 22.6 Å². The molecule has 0 fully saturated rings. The molecule has 0 saturated carbocycles. The van der Waals surface area contributed by atoms with Gasteiger partial charge in [0.25, 0.3) is 11.8 Å². The largest absolute Gasteiger partial charge is 0.348 e. The molecule has 0 aliphatic carbocycles. The van der Waals surface area contributed by atoms with E-state index in [9.17, 15) is 4.79 Å². The van der Waals surface area contributed by atoms with Gasteiger partial charge in [0.05, 0.1) is 0 Å². The molecule has 1 aromatic heterocycles. The fraction of sp³-hybridized carbons (Fsp3) is 0.192. The van der Waals surface area contributed by atoms with Gasteiger partial charge in [0.15, 0.2) is 5.82 Å². The number of carbonyl (C=O) groups is 1. The summed E-state index contributed by atoms with van der Waals surface area (Å²) < 4.78 is 5.17. The summed E-state index contributed by atoms with van der Waals surface area (Å²) in [6.45, 7) is 3.12. The van der Waals surface area contributed by atoms with E-state index in [1.54, 1.807) is 19.1 Å². The van der Waals surface area contributed by atoms with Crippen molar-refractivity contribution in [2.75, 3.05) is 14.1 Å². The molecule has 0 radical (unpaired) electrons. The minimum atomic E-state index is -0.130. The average molecular weight is 427 g/mol. The Hall–Kier alpha value is -3.77. The molecule has 0 unspecified atom stereocenters. The standard InChI is InChI=1S/C26H26N4O2/c1-18-28-26(32-29-18)22-14-12-21(13-15-22)25(31)27-16-23-6-4-5-7-24(23)20-10-8-19(9-11-20)17-30(2)3/h4-15H,16-17H2,1-3H3,(H,27,31). The molecule has 0 bridgehead atoms. The summed E-state index contributed by atoms with van der Waals surface area (Å²) in [6.07, 6.45) is 0. The van der Waals surface area contributed by atoms with E-state index in [0.29, 0.717) is 23.8 Å². The molecule has 1 heterocycles. The van der Waals surface area contributed by atoms with E-state index >= 15 is 0 Å². The van der Waals surface area contributed by atoms with Gasteiger partial charge in [0, 0.05) is 24.2 Å². The maximum atomic E-state index is 12.7. The third kappa shape index (κ3) is 5.10. The Labute approximate surface area is 187 Å². The Morgan fingerprint density at radius 2 is 1.62 bits per heavy atom. The van der Waals surface area contributed by atoms with Crippen molar-refractivity contribution < 1.29 is 9.32 Å². The van der Waals surface area contributed by atoms with E-state index in [-0.39, 0.29) is 5.91 Å². The highest BCUT2D eigenvalue weighted by Gasteiger charge is 2.11. The molecule has 1 N–H and O–H groups in total. The fourth-order valence-electron chi connectivity index (χ4n) is 3.57. The lowest BCUT2D eigenvalue weighted by Gasteiger charge is -2.13. The van der Waals surface area contributed by atoms with Gasteiger partial charge < -0.3 is 14.7 Å². The fourth-order valence-corrected chi connectivity index (χ4v) is 3.57. The van der Waals surface area contributed by atoms with Gasteiger partial charge in [-0.1, -0.05) is 53.7 Å². The van der Waals surface area contributed by atoms with Gasteiger partial charge in [-0.25, -0.2) is 0 Å². The third-order valence-corrected chi connectivity index (χ3v) is 5.14. The van der Waals surface area contributed by atoms with Crippen molar-refractivity contribution in [1.82, 2.24) is 20.4 Å². The molecule has 6 heteroatoms. The molecule has 4 rings (SSSR count). The first-order valence-corrected chi connectivity index (χ1v) is 10.5. The topological polar surface area (TPSA) is 71.3 Å². The lowest BCUT2D eigenvalue weighted by Crippen LogP contribution is -2.23. The molecular weight excluding hydrogens is 400 g/mol. The predicted molar refractivity (Wildman–Crippen MR) is 125 cm³/mol. The smallest absolute Gasteiger partial charge is 0.257 e. The third-order valence-electron chi connectivity index (χ3n) is 5.14. The number of hydrogen-bond acceptors (Lipinski definition) is 5. The summed E-state index contributed by atoms with van der Waals surface area (Å²) in [7, 11) is 4.12. The maximum absolute atomic E-state index is 12.7. The summed E-state index contributed by atoms with van der Waals surface area (Å²) in [5, 5.41) is 6.83. The van der Waals surface area contributed by atoms with Crippen LogP contribution in [-0.4, -0.2) is 35.0 Å². The van der Waals surface area contributed by atoms with Crippen LogP contribution in [0.3, 0.4) is 0 Å². The SMILES string of the molecule is Cc1noc(-c2ccc(C(=O)NCc3ccccc3-c3ccc(CN(C)C)cc3)cc2)n1. The van der Waals surface area contributed by atoms with Crippen LogP contribution in [0.15, 0.2) is 77.3 Å². The highest BCUT2D eigenvalue weighted by molar-refractivity contribution is 5.94. The number of nitrogens with zero attached hydrogens (tertiary/aromatic N) is 3. The average Bonchev–Trinajstić information content (AvgIpc) is 3.24. The van der Waals surface area contributed by atoms with Crippen LogP contribution >= 0.6 is 0 Å². The number of carbonyl (C=O) groups excluding carboxylic acids is 1. The number of nitrogens with one attached hydrogen (secondary N) is 1. The van der Waals surface area contributed by atoms with Crippen molar-refractivity contribution in [3.05, 3.63) is 95.3 Å². The molecule has 1 amide bonds. The van der Waals surface area contributed by atoms with Crippen molar-refractivity contribution in [3.8, 4) is 22.6 Å². The predicted octanol–water partition coefficient (Wildman–Crippen LogP) is 4.70. The minimum absolute atomic E-state index is 0.130. The minimum Gasteiger partial charge on any atom is -0.348 e. The lowest BCUT2D eigenvalue weighted by molar-refractivity contribution is 0.0951. The van der Waals surface area contributed by atoms with Crippen LogP contribution in [0.4, 0.5) is 0 Å². The number of aromatic nitrogens is 2. The first-order valence-electron chi connectivity index (χ1n) is 10.5. The van der Waals surface area contributed by atoms with E-state index in [1.165, 1.54) is 5.56 Å². The molecule has 6 nitrogen and oxygen atoms in total. The second kappa shape index (κ2) is 9.58.